The molecule has 0 aliphatic carbocycles. The molecule has 2 heterocycles. The number of nitrogens with one attached hydrogen (secondary N) is 1. The smallest absolute Gasteiger partial charge is 0.205 e. The average molecular weight is 209 g/mol. The summed E-state index contributed by atoms with van der Waals surface area (Å²) in [6.07, 6.45) is 1.78. The zero-order valence-corrected chi connectivity index (χ0v) is 8.88. The van der Waals surface area contributed by atoms with Gasteiger partial charge in [0.2, 0.25) is 5.13 Å². The Morgan fingerprint density at radius 1 is 1.50 bits per heavy atom. The molecule has 0 aliphatic rings. The van der Waals surface area contributed by atoms with Crippen molar-refractivity contribution >= 4 is 16.5 Å². The Morgan fingerprint density at radius 2 is 2.36 bits per heavy atom. The Bertz CT molecular complexity index is 419. The van der Waals surface area contributed by atoms with E-state index in [0.717, 1.165) is 22.4 Å². The first kappa shape index (κ1) is 9.14. The third-order valence-corrected chi connectivity index (χ3v) is 2.84. The lowest BCUT2D eigenvalue weighted by molar-refractivity contribution is 0.666. The summed E-state index contributed by atoms with van der Waals surface area (Å²) in [5, 5.41) is 16.9. The first-order valence-corrected chi connectivity index (χ1v) is 5.20. The van der Waals surface area contributed by atoms with Crippen LogP contribution in [-0.4, -0.2) is 27.0 Å². The van der Waals surface area contributed by atoms with E-state index in [0.29, 0.717) is 0 Å². The van der Waals surface area contributed by atoms with E-state index >= 15 is 0 Å². The molecule has 0 atom stereocenters. The van der Waals surface area contributed by atoms with Crippen LogP contribution in [0.4, 0.5) is 5.13 Å². The molecule has 2 rings (SSSR count). The van der Waals surface area contributed by atoms with E-state index in [-0.39, 0.29) is 0 Å². The maximum Gasteiger partial charge on any atom is 0.205 e. The highest BCUT2D eigenvalue weighted by Gasteiger charge is 2.09. The van der Waals surface area contributed by atoms with Crippen LogP contribution in [0.25, 0.3) is 10.7 Å². The summed E-state index contributed by atoms with van der Waals surface area (Å²) in [5.74, 6) is 0. The maximum absolute atomic E-state index is 4.18. The van der Waals surface area contributed by atoms with E-state index in [1.807, 2.05) is 17.8 Å². The van der Waals surface area contributed by atoms with Gasteiger partial charge in [-0.25, -0.2) is 0 Å². The van der Waals surface area contributed by atoms with Gasteiger partial charge in [-0.05, 0) is 13.0 Å². The third-order valence-electron chi connectivity index (χ3n) is 1.87. The highest BCUT2D eigenvalue weighted by atomic mass is 32.1. The molecule has 0 aliphatic heterocycles. The summed E-state index contributed by atoms with van der Waals surface area (Å²) < 4.78 is 1.90. The number of hydrogen-bond acceptors (Lipinski definition) is 5. The third kappa shape index (κ3) is 1.48. The minimum atomic E-state index is 0.823. The number of aromatic nitrogens is 4. The largest absolute Gasteiger partial charge is 0.363 e. The fourth-order valence-electron chi connectivity index (χ4n) is 1.19. The van der Waals surface area contributed by atoms with Crippen molar-refractivity contribution < 1.29 is 0 Å². The first-order chi connectivity index (χ1) is 6.85. The Hall–Kier alpha value is -1.43. The molecule has 0 saturated carbocycles. The highest BCUT2D eigenvalue weighted by Crippen LogP contribution is 2.25. The molecule has 2 aromatic heterocycles. The molecule has 0 unspecified atom stereocenters. The topological polar surface area (TPSA) is 55.6 Å². The SMILES string of the molecule is CCn1nccc1-c1nnc(NC)s1. The molecule has 6 heteroatoms. The van der Waals surface area contributed by atoms with Crippen molar-refractivity contribution in [3.63, 3.8) is 0 Å². The van der Waals surface area contributed by atoms with Gasteiger partial charge < -0.3 is 5.32 Å². The summed E-state index contributed by atoms with van der Waals surface area (Å²) in [4.78, 5) is 0. The van der Waals surface area contributed by atoms with Crippen molar-refractivity contribution in [2.75, 3.05) is 12.4 Å². The van der Waals surface area contributed by atoms with E-state index < -0.39 is 0 Å². The molecule has 14 heavy (non-hydrogen) atoms. The number of hydrogen-bond donors (Lipinski definition) is 1. The second-order valence-electron chi connectivity index (χ2n) is 2.69. The fraction of sp³-hybridized carbons (Fsp3) is 0.375. The summed E-state index contributed by atoms with van der Waals surface area (Å²) in [6.45, 7) is 2.90. The number of rotatable bonds is 3. The van der Waals surface area contributed by atoms with E-state index in [9.17, 15) is 0 Å². The van der Waals surface area contributed by atoms with Gasteiger partial charge in [-0.3, -0.25) is 4.68 Å². The zero-order valence-electron chi connectivity index (χ0n) is 8.06. The molecule has 0 radical (unpaired) electrons. The summed E-state index contributed by atoms with van der Waals surface area (Å²) in [7, 11) is 1.83. The molecule has 74 valence electrons. The minimum absolute atomic E-state index is 0.823. The Labute approximate surface area is 85.8 Å². The summed E-state index contributed by atoms with van der Waals surface area (Å²) in [6, 6.07) is 1.95. The van der Waals surface area contributed by atoms with Crippen molar-refractivity contribution in [2.24, 2.45) is 0 Å². The van der Waals surface area contributed by atoms with Crippen LogP contribution >= 0.6 is 11.3 Å². The normalized spacial score (nSPS) is 10.4. The van der Waals surface area contributed by atoms with Gasteiger partial charge in [-0.15, -0.1) is 10.2 Å². The molecule has 0 spiro atoms. The molecular formula is C8H11N5S. The van der Waals surface area contributed by atoms with Crippen molar-refractivity contribution in [3.8, 4) is 10.7 Å². The van der Waals surface area contributed by atoms with Gasteiger partial charge in [0.15, 0.2) is 5.01 Å². The molecule has 1 N–H and O–H groups in total. The average Bonchev–Trinajstić information content (AvgIpc) is 2.85. The molecule has 0 bridgehead atoms. The Balaban J connectivity index is 2.38. The molecule has 0 amide bonds. The summed E-state index contributed by atoms with van der Waals surface area (Å²) >= 11 is 1.53. The fourth-order valence-corrected chi connectivity index (χ4v) is 1.92. The van der Waals surface area contributed by atoms with E-state index in [1.54, 1.807) is 6.20 Å². The van der Waals surface area contributed by atoms with Crippen molar-refractivity contribution in [2.45, 2.75) is 13.5 Å². The predicted octanol–water partition coefficient (Wildman–Crippen LogP) is 1.46. The van der Waals surface area contributed by atoms with Crippen LogP contribution in [0.2, 0.25) is 0 Å². The van der Waals surface area contributed by atoms with Crippen molar-refractivity contribution in [3.05, 3.63) is 12.3 Å². The van der Waals surface area contributed by atoms with Crippen LogP contribution in [0, 0.1) is 0 Å². The van der Waals surface area contributed by atoms with E-state index in [2.05, 4.69) is 27.5 Å². The molecule has 5 nitrogen and oxygen atoms in total. The maximum atomic E-state index is 4.18. The van der Waals surface area contributed by atoms with Crippen LogP contribution in [0.15, 0.2) is 12.3 Å². The quantitative estimate of drug-likeness (QED) is 0.831. The minimum Gasteiger partial charge on any atom is -0.363 e. The zero-order chi connectivity index (χ0) is 9.97. The molecule has 2 aromatic rings. The lowest BCUT2D eigenvalue weighted by atomic mass is 10.4. The first-order valence-electron chi connectivity index (χ1n) is 4.38. The second kappa shape index (κ2) is 3.75. The lowest BCUT2D eigenvalue weighted by Crippen LogP contribution is -1.98. The highest BCUT2D eigenvalue weighted by molar-refractivity contribution is 7.18. The predicted molar refractivity (Wildman–Crippen MR) is 56.4 cm³/mol. The lowest BCUT2D eigenvalue weighted by Gasteiger charge is -1.98. The van der Waals surface area contributed by atoms with Crippen molar-refractivity contribution in [1.82, 2.24) is 20.0 Å². The molecule has 0 aromatic carbocycles. The standard InChI is InChI=1S/C8H11N5S/c1-3-13-6(4-5-10-13)7-11-12-8(9-2)14-7/h4-5H,3H2,1-2H3,(H,9,12). The number of anilines is 1. The van der Waals surface area contributed by atoms with E-state index in [1.165, 1.54) is 11.3 Å². The molecule has 0 saturated heterocycles. The Kier molecular flexibility index (Phi) is 2.45. The van der Waals surface area contributed by atoms with Gasteiger partial charge in [0, 0.05) is 19.8 Å². The number of nitrogens with zero attached hydrogens (tertiary/aromatic N) is 4. The van der Waals surface area contributed by atoms with Crippen LogP contribution in [-0.2, 0) is 6.54 Å². The van der Waals surface area contributed by atoms with Crippen LogP contribution in [0.1, 0.15) is 6.92 Å². The van der Waals surface area contributed by atoms with Gasteiger partial charge >= 0.3 is 0 Å². The number of aryl methyl sites for hydroxylation is 1. The van der Waals surface area contributed by atoms with Gasteiger partial charge in [0.25, 0.3) is 0 Å². The van der Waals surface area contributed by atoms with Crippen LogP contribution in [0.3, 0.4) is 0 Å². The molecule has 0 fully saturated rings. The van der Waals surface area contributed by atoms with Crippen LogP contribution in [0.5, 0.6) is 0 Å². The molecular weight excluding hydrogens is 198 g/mol. The van der Waals surface area contributed by atoms with Gasteiger partial charge in [0.1, 0.15) is 0 Å². The van der Waals surface area contributed by atoms with Gasteiger partial charge in [0.05, 0.1) is 5.69 Å². The van der Waals surface area contributed by atoms with E-state index in [4.69, 9.17) is 0 Å². The Morgan fingerprint density at radius 3 is 3.00 bits per heavy atom. The van der Waals surface area contributed by atoms with Crippen LogP contribution < -0.4 is 5.32 Å². The van der Waals surface area contributed by atoms with Gasteiger partial charge in [-0.2, -0.15) is 5.10 Å². The monoisotopic (exact) mass is 209 g/mol. The summed E-state index contributed by atoms with van der Waals surface area (Å²) in [5.41, 5.74) is 1.02. The van der Waals surface area contributed by atoms with Gasteiger partial charge in [-0.1, -0.05) is 11.3 Å². The van der Waals surface area contributed by atoms with Crippen molar-refractivity contribution in [1.29, 1.82) is 0 Å². The second-order valence-corrected chi connectivity index (χ2v) is 3.67.